The van der Waals surface area contributed by atoms with Gasteiger partial charge in [-0.1, -0.05) is 6.07 Å². The molecule has 0 saturated carbocycles. The zero-order valence-electron chi connectivity index (χ0n) is 14.5. The highest BCUT2D eigenvalue weighted by Crippen LogP contribution is 2.26. The molecule has 0 atom stereocenters. The standard InChI is InChI=1S/C20H18FN3O3/c21-17-9-12-6-7-22-11-13(12)8-16(17)20(27)23-14-2-1-3-15(10-14)24-18(25)4-5-19(24)26/h1-3,8-10,22H,4-7,11H2,(H,23,27). The number of benzene rings is 2. The van der Waals surface area contributed by atoms with Gasteiger partial charge in [-0.3, -0.25) is 19.3 Å². The van der Waals surface area contributed by atoms with Gasteiger partial charge in [0.2, 0.25) is 11.8 Å². The first-order valence-electron chi connectivity index (χ1n) is 8.82. The summed E-state index contributed by atoms with van der Waals surface area (Å²) in [7, 11) is 0. The number of fused-ring (bicyclic) bond motifs is 1. The van der Waals surface area contributed by atoms with Crippen molar-refractivity contribution in [2.24, 2.45) is 0 Å². The van der Waals surface area contributed by atoms with Crippen LogP contribution in [0.5, 0.6) is 0 Å². The van der Waals surface area contributed by atoms with Gasteiger partial charge in [0.25, 0.3) is 5.91 Å². The van der Waals surface area contributed by atoms with E-state index in [0.717, 1.165) is 29.0 Å². The molecule has 4 rings (SSSR count). The molecule has 3 amide bonds. The van der Waals surface area contributed by atoms with Crippen LogP contribution in [-0.2, 0) is 22.6 Å². The van der Waals surface area contributed by atoms with E-state index < -0.39 is 11.7 Å². The number of nitrogens with zero attached hydrogens (tertiary/aromatic N) is 1. The van der Waals surface area contributed by atoms with Crippen molar-refractivity contribution >= 4 is 29.1 Å². The Bertz CT molecular complexity index is 941. The smallest absolute Gasteiger partial charge is 0.258 e. The second-order valence-electron chi connectivity index (χ2n) is 6.65. The van der Waals surface area contributed by atoms with E-state index in [4.69, 9.17) is 0 Å². The molecular formula is C20H18FN3O3. The lowest BCUT2D eigenvalue weighted by atomic mass is 9.97. The first-order valence-corrected chi connectivity index (χ1v) is 8.82. The molecule has 2 N–H and O–H groups in total. The molecule has 2 aromatic carbocycles. The molecule has 1 fully saturated rings. The van der Waals surface area contributed by atoms with E-state index in [1.807, 2.05) is 0 Å². The summed E-state index contributed by atoms with van der Waals surface area (Å²) in [4.78, 5) is 37.4. The summed E-state index contributed by atoms with van der Waals surface area (Å²) >= 11 is 0. The van der Waals surface area contributed by atoms with E-state index in [2.05, 4.69) is 10.6 Å². The number of imide groups is 1. The first kappa shape index (κ1) is 17.4. The number of rotatable bonds is 3. The van der Waals surface area contributed by atoms with Crippen molar-refractivity contribution in [1.82, 2.24) is 5.32 Å². The molecule has 0 aliphatic carbocycles. The number of hydrogen-bond acceptors (Lipinski definition) is 4. The van der Waals surface area contributed by atoms with Crippen molar-refractivity contribution in [3.8, 4) is 0 Å². The second kappa shape index (κ2) is 6.92. The summed E-state index contributed by atoms with van der Waals surface area (Å²) in [6, 6.07) is 9.42. The lowest BCUT2D eigenvalue weighted by Gasteiger charge is -2.18. The van der Waals surface area contributed by atoms with Crippen molar-refractivity contribution in [2.75, 3.05) is 16.8 Å². The van der Waals surface area contributed by atoms with Gasteiger partial charge in [-0.2, -0.15) is 0 Å². The average Bonchev–Trinajstić information content (AvgIpc) is 2.99. The maximum atomic E-state index is 14.4. The SMILES string of the molecule is O=C(Nc1cccc(N2C(=O)CCC2=O)c1)c1cc2c(cc1F)CCNC2. The van der Waals surface area contributed by atoms with Crippen LogP contribution in [0.15, 0.2) is 36.4 Å². The van der Waals surface area contributed by atoms with E-state index in [1.54, 1.807) is 24.3 Å². The van der Waals surface area contributed by atoms with E-state index in [1.165, 1.54) is 12.1 Å². The number of halogens is 1. The van der Waals surface area contributed by atoms with Crippen LogP contribution in [0.2, 0.25) is 0 Å². The van der Waals surface area contributed by atoms with Crippen LogP contribution in [0.4, 0.5) is 15.8 Å². The van der Waals surface area contributed by atoms with Crippen LogP contribution in [0.25, 0.3) is 0 Å². The molecule has 138 valence electrons. The van der Waals surface area contributed by atoms with Crippen molar-refractivity contribution < 1.29 is 18.8 Å². The number of anilines is 2. The largest absolute Gasteiger partial charge is 0.322 e. The Morgan fingerprint density at radius 1 is 1.04 bits per heavy atom. The van der Waals surface area contributed by atoms with Crippen molar-refractivity contribution in [3.63, 3.8) is 0 Å². The topological polar surface area (TPSA) is 78.5 Å². The van der Waals surface area contributed by atoms with Crippen molar-refractivity contribution in [1.29, 1.82) is 0 Å². The van der Waals surface area contributed by atoms with Crippen molar-refractivity contribution in [2.45, 2.75) is 25.8 Å². The predicted octanol–water partition coefficient (Wildman–Crippen LogP) is 2.38. The number of carbonyl (C=O) groups is 3. The Hall–Kier alpha value is -3.06. The van der Waals surface area contributed by atoms with Crippen LogP contribution in [0, 0.1) is 5.82 Å². The average molecular weight is 367 g/mol. The second-order valence-corrected chi connectivity index (χ2v) is 6.65. The number of nitrogens with one attached hydrogen (secondary N) is 2. The highest BCUT2D eigenvalue weighted by molar-refractivity contribution is 6.20. The summed E-state index contributed by atoms with van der Waals surface area (Å²) in [5, 5.41) is 5.85. The highest BCUT2D eigenvalue weighted by atomic mass is 19.1. The van der Waals surface area contributed by atoms with E-state index in [-0.39, 0.29) is 30.2 Å². The first-order chi connectivity index (χ1) is 13.0. The van der Waals surface area contributed by atoms with Gasteiger partial charge in [-0.05, 0) is 54.4 Å². The molecule has 27 heavy (non-hydrogen) atoms. The van der Waals surface area contributed by atoms with Gasteiger partial charge >= 0.3 is 0 Å². The third-order valence-corrected chi connectivity index (χ3v) is 4.83. The molecule has 0 bridgehead atoms. The minimum atomic E-state index is -0.572. The molecule has 2 aliphatic rings. The summed E-state index contributed by atoms with van der Waals surface area (Å²) in [6.07, 6.45) is 1.10. The Morgan fingerprint density at radius 2 is 1.81 bits per heavy atom. The van der Waals surface area contributed by atoms with E-state index in [0.29, 0.717) is 17.9 Å². The molecule has 0 unspecified atom stereocenters. The zero-order valence-corrected chi connectivity index (χ0v) is 14.5. The van der Waals surface area contributed by atoms with Crippen LogP contribution in [0.3, 0.4) is 0 Å². The molecule has 7 heteroatoms. The van der Waals surface area contributed by atoms with Gasteiger partial charge in [-0.15, -0.1) is 0 Å². The molecule has 0 spiro atoms. The normalized spacial score (nSPS) is 16.4. The summed E-state index contributed by atoms with van der Waals surface area (Å²) in [6.45, 7) is 1.39. The zero-order chi connectivity index (χ0) is 19.0. The maximum absolute atomic E-state index is 14.4. The molecule has 6 nitrogen and oxygen atoms in total. The molecular weight excluding hydrogens is 349 g/mol. The maximum Gasteiger partial charge on any atom is 0.258 e. The Morgan fingerprint density at radius 3 is 2.59 bits per heavy atom. The molecule has 2 heterocycles. The van der Waals surface area contributed by atoms with Crippen LogP contribution >= 0.6 is 0 Å². The van der Waals surface area contributed by atoms with Gasteiger partial charge in [0, 0.05) is 25.1 Å². The van der Waals surface area contributed by atoms with Crippen molar-refractivity contribution in [3.05, 3.63) is 58.9 Å². The number of amides is 3. The third kappa shape index (κ3) is 3.33. The monoisotopic (exact) mass is 367 g/mol. The molecule has 1 saturated heterocycles. The quantitative estimate of drug-likeness (QED) is 0.817. The van der Waals surface area contributed by atoms with Gasteiger partial charge < -0.3 is 10.6 Å². The predicted molar refractivity (Wildman–Crippen MR) is 97.9 cm³/mol. The fourth-order valence-corrected chi connectivity index (χ4v) is 3.46. The lowest BCUT2D eigenvalue weighted by molar-refractivity contribution is -0.121. The molecule has 2 aromatic rings. The fraction of sp³-hybridized carbons (Fsp3) is 0.250. The highest BCUT2D eigenvalue weighted by Gasteiger charge is 2.30. The molecule has 0 aromatic heterocycles. The Kier molecular flexibility index (Phi) is 4.45. The summed E-state index contributed by atoms with van der Waals surface area (Å²) in [5.74, 6) is -1.67. The Labute approximate surface area is 155 Å². The van der Waals surface area contributed by atoms with Crippen LogP contribution in [0.1, 0.15) is 34.3 Å². The van der Waals surface area contributed by atoms with Gasteiger partial charge in [0.05, 0.1) is 11.3 Å². The lowest BCUT2D eigenvalue weighted by Crippen LogP contribution is -2.28. The molecule has 2 aliphatic heterocycles. The van der Waals surface area contributed by atoms with Crippen LogP contribution < -0.4 is 15.5 Å². The molecule has 0 radical (unpaired) electrons. The van der Waals surface area contributed by atoms with Gasteiger partial charge in [0.15, 0.2) is 0 Å². The van der Waals surface area contributed by atoms with Gasteiger partial charge in [0.1, 0.15) is 5.82 Å². The summed E-state index contributed by atoms with van der Waals surface area (Å²) < 4.78 is 14.4. The van der Waals surface area contributed by atoms with E-state index in [9.17, 15) is 18.8 Å². The number of hydrogen-bond donors (Lipinski definition) is 2. The minimum absolute atomic E-state index is 0.0313. The fourth-order valence-electron chi connectivity index (χ4n) is 3.46. The minimum Gasteiger partial charge on any atom is -0.322 e. The van der Waals surface area contributed by atoms with Gasteiger partial charge in [-0.25, -0.2) is 4.39 Å². The number of carbonyl (C=O) groups excluding carboxylic acids is 3. The van der Waals surface area contributed by atoms with Crippen LogP contribution in [-0.4, -0.2) is 24.3 Å². The summed E-state index contributed by atoms with van der Waals surface area (Å²) in [5.41, 5.74) is 2.58. The third-order valence-electron chi connectivity index (χ3n) is 4.83. The Balaban J connectivity index is 1.58. The van der Waals surface area contributed by atoms with E-state index >= 15 is 0 Å².